The van der Waals surface area contributed by atoms with Crippen molar-refractivity contribution in [3.63, 3.8) is 0 Å². The number of carbonyl (C=O) groups excluding carboxylic acids is 2. The van der Waals surface area contributed by atoms with Gasteiger partial charge in [0.05, 0.1) is 11.3 Å². The zero-order chi connectivity index (χ0) is 29.4. The molecule has 0 bridgehead atoms. The Kier molecular flexibility index (Phi) is 8.59. The number of aromatic nitrogens is 1. The summed E-state index contributed by atoms with van der Waals surface area (Å²) in [6.07, 6.45) is 6.64. The number of anilines is 3. The number of nitrogens with one attached hydrogen (secondary N) is 3. The fourth-order valence-corrected chi connectivity index (χ4v) is 5.80. The van der Waals surface area contributed by atoms with Gasteiger partial charge >= 0.3 is 6.03 Å². The molecule has 1 saturated heterocycles. The van der Waals surface area contributed by atoms with E-state index in [-0.39, 0.29) is 11.9 Å². The first kappa shape index (κ1) is 28.0. The van der Waals surface area contributed by atoms with Crippen molar-refractivity contribution >= 4 is 39.8 Å². The highest BCUT2D eigenvalue weighted by Crippen LogP contribution is 2.31. The van der Waals surface area contributed by atoms with Crippen LogP contribution in [0, 0.1) is 5.92 Å². The van der Waals surface area contributed by atoms with Crippen molar-refractivity contribution in [3.8, 4) is 0 Å². The zero-order valence-corrected chi connectivity index (χ0v) is 24.0. The lowest BCUT2D eigenvalue weighted by atomic mass is 9.89. The number of carbonyl (C=O) groups is 2. The fraction of sp³-hybridized carbons (Fsp3) is 0.194. The van der Waals surface area contributed by atoms with Crippen LogP contribution in [0.2, 0.25) is 0 Å². The maximum Gasteiger partial charge on any atom is 0.323 e. The van der Waals surface area contributed by atoms with E-state index < -0.39 is 0 Å². The SMILES string of the molecule is O=C(Nc1ccc(N2CCC(Cc3ccccc3)CC2)c(C(=O)NCc2cccnc2)c1)Nc1cccc2ccccc12. The van der Waals surface area contributed by atoms with Crippen LogP contribution in [0.4, 0.5) is 21.9 Å². The molecule has 7 nitrogen and oxygen atoms in total. The number of amides is 3. The maximum atomic E-state index is 13.6. The van der Waals surface area contributed by atoms with Crippen LogP contribution < -0.4 is 20.9 Å². The summed E-state index contributed by atoms with van der Waals surface area (Å²) in [6.45, 7) is 2.11. The first-order valence-electron chi connectivity index (χ1n) is 14.8. The van der Waals surface area contributed by atoms with Gasteiger partial charge in [-0.15, -0.1) is 0 Å². The van der Waals surface area contributed by atoms with Crippen LogP contribution in [-0.2, 0) is 13.0 Å². The van der Waals surface area contributed by atoms with Crippen molar-refractivity contribution in [1.29, 1.82) is 0 Å². The molecule has 3 amide bonds. The van der Waals surface area contributed by atoms with E-state index in [1.165, 1.54) is 5.56 Å². The van der Waals surface area contributed by atoms with Gasteiger partial charge in [-0.1, -0.05) is 72.8 Å². The normalized spacial score (nSPS) is 13.4. The molecule has 0 spiro atoms. The first-order chi connectivity index (χ1) is 21.1. The van der Waals surface area contributed by atoms with Crippen LogP contribution in [0.3, 0.4) is 0 Å². The van der Waals surface area contributed by atoms with E-state index in [4.69, 9.17) is 0 Å². The number of urea groups is 1. The van der Waals surface area contributed by atoms with Crippen LogP contribution in [0.15, 0.2) is 116 Å². The summed E-state index contributed by atoms with van der Waals surface area (Å²) in [6, 6.07) is 33.4. The second kappa shape index (κ2) is 13.2. The molecular weight excluding hydrogens is 534 g/mol. The van der Waals surface area contributed by atoms with Gasteiger partial charge in [0.25, 0.3) is 5.91 Å². The lowest BCUT2D eigenvalue weighted by molar-refractivity contribution is 0.0951. The molecule has 0 aliphatic carbocycles. The standard InChI is InChI=1S/C36H35N5O2/c42-35(38-25-28-10-7-19-37-24-28)32-23-30(39-36(43)40-33-14-6-12-29-11-4-5-13-31(29)33)15-16-34(32)41-20-17-27(18-21-41)22-26-8-2-1-3-9-26/h1-16,19,23-24,27H,17-18,20-22,25H2,(H,38,42)(H2,39,40,43). The van der Waals surface area contributed by atoms with Gasteiger partial charge in [0.1, 0.15) is 0 Å². The quantitative estimate of drug-likeness (QED) is 0.183. The summed E-state index contributed by atoms with van der Waals surface area (Å²) in [5, 5.41) is 10.9. The Labute approximate surface area is 252 Å². The Bertz CT molecular complexity index is 1690. The Morgan fingerprint density at radius 3 is 2.37 bits per heavy atom. The van der Waals surface area contributed by atoms with Gasteiger partial charge in [0.2, 0.25) is 0 Å². The van der Waals surface area contributed by atoms with Crippen LogP contribution >= 0.6 is 0 Å². The van der Waals surface area contributed by atoms with Gasteiger partial charge in [-0.3, -0.25) is 9.78 Å². The third-order valence-electron chi connectivity index (χ3n) is 8.04. The topological polar surface area (TPSA) is 86.4 Å². The summed E-state index contributed by atoms with van der Waals surface area (Å²) >= 11 is 0. The van der Waals surface area contributed by atoms with E-state index in [0.29, 0.717) is 23.7 Å². The van der Waals surface area contributed by atoms with E-state index in [0.717, 1.165) is 60.1 Å². The molecule has 6 rings (SSSR count). The van der Waals surface area contributed by atoms with Gasteiger partial charge in [0, 0.05) is 48.8 Å². The summed E-state index contributed by atoms with van der Waals surface area (Å²) in [5.41, 5.74) is 4.97. The van der Waals surface area contributed by atoms with Crippen molar-refractivity contribution in [2.75, 3.05) is 28.6 Å². The molecule has 0 radical (unpaired) electrons. The second-order valence-electron chi connectivity index (χ2n) is 11.0. The molecule has 7 heteroatoms. The highest BCUT2D eigenvalue weighted by Gasteiger charge is 2.24. The molecule has 0 saturated carbocycles. The van der Waals surface area contributed by atoms with Gasteiger partial charge in [0.15, 0.2) is 0 Å². The Morgan fingerprint density at radius 1 is 0.791 bits per heavy atom. The summed E-state index contributed by atoms with van der Waals surface area (Å²) in [4.78, 5) is 33.1. The number of piperidine rings is 1. The average molecular weight is 570 g/mol. The fourth-order valence-electron chi connectivity index (χ4n) is 5.80. The molecule has 216 valence electrons. The molecule has 43 heavy (non-hydrogen) atoms. The van der Waals surface area contributed by atoms with Gasteiger partial charge in [-0.25, -0.2) is 4.79 Å². The predicted molar refractivity (Wildman–Crippen MR) is 174 cm³/mol. The van der Waals surface area contributed by atoms with Crippen molar-refractivity contribution in [1.82, 2.24) is 10.3 Å². The summed E-state index contributed by atoms with van der Waals surface area (Å²) < 4.78 is 0. The smallest absolute Gasteiger partial charge is 0.323 e. The zero-order valence-electron chi connectivity index (χ0n) is 24.0. The van der Waals surface area contributed by atoms with Crippen molar-refractivity contribution in [3.05, 3.63) is 132 Å². The van der Waals surface area contributed by atoms with Crippen LogP contribution in [0.25, 0.3) is 10.8 Å². The van der Waals surface area contributed by atoms with E-state index in [1.54, 1.807) is 18.5 Å². The van der Waals surface area contributed by atoms with Gasteiger partial charge < -0.3 is 20.9 Å². The predicted octanol–water partition coefficient (Wildman–Crippen LogP) is 7.27. The number of hydrogen-bond donors (Lipinski definition) is 3. The Hall–Kier alpha value is -5.17. The minimum atomic E-state index is -0.368. The Morgan fingerprint density at radius 2 is 1.56 bits per heavy atom. The number of hydrogen-bond acceptors (Lipinski definition) is 4. The second-order valence-corrected chi connectivity index (χ2v) is 11.0. The van der Waals surface area contributed by atoms with E-state index >= 15 is 0 Å². The van der Waals surface area contributed by atoms with Crippen molar-refractivity contribution < 1.29 is 9.59 Å². The number of nitrogens with zero attached hydrogens (tertiary/aromatic N) is 2. The van der Waals surface area contributed by atoms with Crippen molar-refractivity contribution in [2.45, 2.75) is 25.8 Å². The van der Waals surface area contributed by atoms with Gasteiger partial charge in [-0.2, -0.15) is 0 Å². The molecule has 2 heterocycles. The molecule has 1 aliphatic rings. The third-order valence-corrected chi connectivity index (χ3v) is 8.04. The minimum absolute atomic E-state index is 0.191. The summed E-state index contributed by atoms with van der Waals surface area (Å²) in [7, 11) is 0. The van der Waals surface area contributed by atoms with Crippen LogP contribution in [0.5, 0.6) is 0 Å². The summed E-state index contributed by atoms with van der Waals surface area (Å²) in [5.74, 6) is 0.420. The highest BCUT2D eigenvalue weighted by molar-refractivity contribution is 6.07. The van der Waals surface area contributed by atoms with Gasteiger partial charge in [-0.05, 0) is 72.0 Å². The monoisotopic (exact) mass is 569 g/mol. The molecule has 3 N–H and O–H groups in total. The molecular formula is C36H35N5O2. The molecule has 0 atom stereocenters. The van der Waals surface area contributed by atoms with Crippen molar-refractivity contribution in [2.24, 2.45) is 5.92 Å². The lowest BCUT2D eigenvalue weighted by Crippen LogP contribution is -2.36. The molecule has 1 aromatic heterocycles. The highest BCUT2D eigenvalue weighted by atomic mass is 16.2. The number of rotatable bonds is 8. The number of benzene rings is 4. The Balaban J connectivity index is 1.18. The van der Waals surface area contributed by atoms with Crippen LogP contribution in [0.1, 0.15) is 34.3 Å². The third kappa shape index (κ3) is 7.01. The molecule has 5 aromatic rings. The van der Waals surface area contributed by atoms with E-state index in [1.807, 2.05) is 66.7 Å². The average Bonchev–Trinajstić information content (AvgIpc) is 3.05. The largest absolute Gasteiger partial charge is 0.371 e. The lowest BCUT2D eigenvalue weighted by Gasteiger charge is -2.35. The van der Waals surface area contributed by atoms with E-state index in [2.05, 4.69) is 56.2 Å². The number of fused-ring (bicyclic) bond motifs is 1. The molecule has 1 fully saturated rings. The molecule has 1 aliphatic heterocycles. The minimum Gasteiger partial charge on any atom is -0.371 e. The number of pyridine rings is 1. The maximum absolute atomic E-state index is 13.6. The molecule has 4 aromatic carbocycles. The van der Waals surface area contributed by atoms with E-state index in [9.17, 15) is 9.59 Å². The van der Waals surface area contributed by atoms with Crippen LogP contribution in [-0.4, -0.2) is 30.0 Å². The first-order valence-corrected chi connectivity index (χ1v) is 14.8. The molecule has 0 unspecified atom stereocenters.